The molecule has 1 N–H and O–H groups in total. The van der Waals surface area contributed by atoms with E-state index in [4.69, 9.17) is 0 Å². The first-order chi connectivity index (χ1) is 9.28. The van der Waals surface area contributed by atoms with Crippen molar-refractivity contribution < 1.29 is 18.0 Å². The summed E-state index contributed by atoms with van der Waals surface area (Å²) < 4.78 is 40.0. The molecule has 2 heterocycles. The summed E-state index contributed by atoms with van der Waals surface area (Å²) >= 11 is 0. The van der Waals surface area contributed by atoms with Gasteiger partial charge in [-0.3, -0.25) is 9.69 Å². The standard InChI is InChI=1S/C13H22F3N3O/c1-10(2)18-5-7-19(8-6-18)11(20)12(13(14,15)16)3-4-17-9-12/h10,17H,3-9H2,1-2H3. The van der Waals surface area contributed by atoms with E-state index in [9.17, 15) is 18.0 Å². The highest BCUT2D eigenvalue weighted by Gasteiger charge is 2.62. The van der Waals surface area contributed by atoms with Crippen LogP contribution in [-0.2, 0) is 4.79 Å². The van der Waals surface area contributed by atoms with Crippen molar-refractivity contribution in [3.8, 4) is 0 Å². The van der Waals surface area contributed by atoms with E-state index in [0.29, 0.717) is 32.2 Å². The maximum absolute atomic E-state index is 13.3. The number of carbonyl (C=O) groups is 1. The lowest BCUT2D eigenvalue weighted by Gasteiger charge is -2.41. The van der Waals surface area contributed by atoms with Crippen molar-refractivity contribution in [1.82, 2.24) is 15.1 Å². The molecule has 0 aromatic heterocycles. The molecule has 0 spiro atoms. The van der Waals surface area contributed by atoms with Crippen LogP contribution in [0.5, 0.6) is 0 Å². The highest BCUT2D eigenvalue weighted by atomic mass is 19.4. The zero-order valence-corrected chi connectivity index (χ0v) is 12.0. The van der Waals surface area contributed by atoms with E-state index in [-0.39, 0.29) is 19.5 Å². The second-order valence-electron chi connectivity index (χ2n) is 5.93. The molecule has 0 bridgehead atoms. The summed E-state index contributed by atoms with van der Waals surface area (Å²) in [7, 11) is 0. The van der Waals surface area contributed by atoms with Gasteiger partial charge in [-0.15, -0.1) is 0 Å². The maximum atomic E-state index is 13.3. The Morgan fingerprint density at radius 3 is 2.20 bits per heavy atom. The third-order valence-electron chi connectivity index (χ3n) is 4.44. The van der Waals surface area contributed by atoms with Gasteiger partial charge in [0, 0.05) is 38.8 Å². The van der Waals surface area contributed by atoms with Crippen molar-refractivity contribution >= 4 is 5.91 Å². The molecule has 116 valence electrons. The van der Waals surface area contributed by atoms with Crippen LogP contribution in [0.25, 0.3) is 0 Å². The van der Waals surface area contributed by atoms with Crippen LogP contribution in [0.2, 0.25) is 0 Å². The Morgan fingerprint density at radius 1 is 1.20 bits per heavy atom. The largest absolute Gasteiger partial charge is 0.404 e. The Bertz CT molecular complexity index is 356. The number of hydrogen-bond donors (Lipinski definition) is 1. The van der Waals surface area contributed by atoms with Gasteiger partial charge in [0.05, 0.1) is 0 Å². The average Bonchev–Trinajstić information content (AvgIpc) is 2.88. The van der Waals surface area contributed by atoms with E-state index in [1.54, 1.807) is 0 Å². The number of rotatable bonds is 2. The SMILES string of the molecule is CC(C)N1CCN(C(=O)C2(C(F)(F)F)CCNC2)CC1. The van der Waals surface area contributed by atoms with Gasteiger partial charge < -0.3 is 10.2 Å². The van der Waals surface area contributed by atoms with Crippen LogP contribution in [0.15, 0.2) is 0 Å². The Hall–Kier alpha value is -0.820. The second-order valence-corrected chi connectivity index (χ2v) is 5.93. The third kappa shape index (κ3) is 2.65. The fraction of sp³-hybridized carbons (Fsp3) is 0.923. The fourth-order valence-electron chi connectivity index (χ4n) is 2.98. The van der Waals surface area contributed by atoms with E-state index < -0.39 is 17.5 Å². The first kappa shape index (κ1) is 15.6. The smallest absolute Gasteiger partial charge is 0.339 e. The molecule has 7 heteroatoms. The minimum Gasteiger partial charge on any atom is -0.339 e. The number of nitrogens with zero attached hydrogens (tertiary/aromatic N) is 2. The third-order valence-corrected chi connectivity index (χ3v) is 4.44. The number of nitrogens with one attached hydrogen (secondary N) is 1. The van der Waals surface area contributed by atoms with Crippen LogP contribution < -0.4 is 5.32 Å². The van der Waals surface area contributed by atoms with Gasteiger partial charge in [0.2, 0.25) is 5.91 Å². The van der Waals surface area contributed by atoms with E-state index in [1.165, 1.54) is 4.90 Å². The van der Waals surface area contributed by atoms with E-state index in [0.717, 1.165) is 0 Å². The molecule has 4 nitrogen and oxygen atoms in total. The predicted molar refractivity (Wildman–Crippen MR) is 69.3 cm³/mol. The minimum absolute atomic E-state index is 0.153. The number of alkyl halides is 3. The van der Waals surface area contributed by atoms with Crippen molar-refractivity contribution in [2.24, 2.45) is 5.41 Å². The van der Waals surface area contributed by atoms with Gasteiger partial charge >= 0.3 is 6.18 Å². The molecule has 20 heavy (non-hydrogen) atoms. The summed E-state index contributed by atoms with van der Waals surface area (Å²) in [6.07, 6.45) is -4.64. The zero-order valence-electron chi connectivity index (χ0n) is 12.0. The minimum atomic E-state index is -4.48. The van der Waals surface area contributed by atoms with E-state index >= 15 is 0 Å². The number of amides is 1. The summed E-state index contributed by atoms with van der Waals surface area (Å²) in [6, 6.07) is 0.358. The van der Waals surface area contributed by atoms with Gasteiger partial charge in [0.15, 0.2) is 5.41 Å². The van der Waals surface area contributed by atoms with Crippen LogP contribution in [0.1, 0.15) is 20.3 Å². The fourth-order valence-corrected chi connectivity index (χ4v) is 2.98. The van der Waals surface area contributed by atoms with Crippen LogP contribution in [0.4, 0.5) is 13.2 Å². The van der Waals surface area contributed by atoms with E-state index in [2.05, 4.69) is 24.1 Å². The molecule has 2 aliphatic rings. The van der Waals surface area contributed by atoms with Crippen molar-refractivity contribution in [3.05, 3.63) is 0 Å². The molecule has 2 saturated heterocycles. The molecule has 0 saturated carbocycles. The molecule has 1 amide bonds. The van der Waals surface area contributed by atoms with Gasteiger partial charge in [-0.1, -0.05) is 0 Å². The monoisotopic (exact) mass is 293 g/mol. The molecule has 2 fully saturated rings. The Labute approximate surface area is 117 Å². The molecule has 1 unspecified atom stereocenters. The summed E-state index contributed by atoms with van der Waals surface area (Å²) in [6.45, 7) is 6.11. The molecule has 2 rings (SSSR count). The van der Waals surface area contributed by atoms with Gasteiger partial charge in [0.25, 0.3) is 0 Å². The molecular weight excluding hydrogens is 271 g/mol. The first-order valence-corrected chi connectivity index (χ1v) is 7.09. The Balaban J connectivity index is 2.07. The van der Waals surface area contributed by atoms with Gasteiger partial charge in [-0.05, 0) is 26.8 Å². The molecule has 1 atom stereocenters. The molecule has 0 aromatic carbocycles. The molecule has 0 radical (unpaired) electrons. The quantitative estimate of drug-likeness (QED) is 0.827. The van der Waals surface area contributed by atoms with Crippen LogP contribution in [-0.4, -0.2) is 67.2 Å². The molecule has 0 aliphatic carbocycles. The van der Waals surface area contributed by atoms with E-state index in [1.807, 2.05) is 0 Å². The normalized spacial score (nSPS) is 29.2. The van der Waals surface area contributed by atoms with Crippen molar-refractivity contribution in [1.29, 1.82) is 0 Å². The number of hydrogen-bond acceptors (Lipinski definition) is 3. The predicted octanol–water partition coefficient (Wildman–Crippen LogP) is 1.08. The second kappa shape index (κ2) is 5.52. The topological polar surface area (TPSA) is 35.6 Å². The lowest BCUT2D eigenvalue weighted by molar-refractivity contribution is -0.222. The van der Waals surface area contributed by atoms with Crippen LogP contribution in [0, 0.1) is 5.41 Å². The van der Waals surface area contributed by atoms with Crippen LogP contribution >= 0.6 is 0 Å². The number of carbonyl (C=O) groups excluding carboxylic acids is 1. The average molecular weight is 293 g/mol. The van der Waals surface area contributed by atoms with Gasteiger partial charge in [-0.25, -0.2) is 0 Å². The van der Waals surface area contributed by atoms with Gasteiger partial charge in [-0.2, -0.15) is 13.2 Å². The zero-order chi connectivity index (χ0) is 15.0. The molecule has 0 aromatic rings. The van der Waals surface area contributed by atoms with Crippen LogP contribution in [0.3, 0.4) is 0 Å². The summed E-state index contributed by atoms with van der Waals surface area (Å²) in [4.78, 5) is 16.0. The van der Waals surface area contributed by atoms with Crippen molar-refractivity contribution in [2.45, 2.75) is 32.5 Å². The highest BCUT2D eigenvalue weighted by Crippen LogP contribution is 2.44. The lowest BCUT2D eigenvalue weighted by Crippen LogP contribution is -2.58. The number of halogens is 3. The first-order valence-electron chi connectivity index (χ1n) is 7.09. The summed E-state index contributed by atoms with van der Waals surface area (Å²) in [5.74, 6) is -0.751. The summed E-state index contributed by atoms with van der Waals surface area (Å²) in [5, 5.41) is 2.69. The lowest BCUT2D eigenvalue weighted by atomic mass is 9.84. The Kier molecular flexibility index (Phi) is 4.30. The summed E-state index contributed by atoms with van der Waals surface area (Å²) in [5.41, 5.74) is -2.22. The maximum Gasteiger partial charge on any atom is 0.404 e. The van der Waals surface area contributed by atoms with Gasteiger partial charge in [0.1, 0.15) is 0 Å². The van der Waals surface area contributed by atoms with Crippen molar-refractivity contribution in [3.63, 3.8) is 0 Å². The molecular formula is C13H22F3N3O. The highest BCUT2D eigenvalue weighted by molar-refractivity contribution is 5.84. The number of piperazine rings is 1. The Morgan fingerprint density at radius 2 is 1.80 bits per heavy atom. The van der Waals surface area contributed by atoms with Crippen molar-refractivity contribution in [2.75, 3.05) is 39.3 Å². The molecule has 2 aliphatic heterocycles.